The van der Waals surface area contributed by atoms with Gasteiger partial charge in [0.15, 0.2) is 5.82 Å². The summed E-state index contributed by atoms with van der Waals surface area (Å²) in [6.07, 6.45) is 4.87. The van der Waals surface area contributed by atoms with Crippen molar-refractivity contribution < 1.29 is 4.79 Å². The largest absolute Gasteiger partial charge is 0.325 e. The zero-order valence-corrected chi connectivity index (χ0v) is 14.4. The highest BCUT2D eigenvalue weighted by Crippen LogP contribution is 2.24. The Balaban J connectivity index is 1.74. The summed E-state index contributed by atoms with van der Waals surface area (Å²) in [5.41, 5.74) is 6.98. The smallest absolute Gasteiger partial charge is 0.244 e. The molecule has 6 heteroatoms. The maximum absolute atomic E-state index is 12.3. The van der Waals surface area contributed by atoms with Crippen LogP contribution in [0.2, 0.25) is 0 Å². The molecular formula is C18H25N5O. The summed E-state index contributed by atoms with van der Waals surface area (Å²) in [5.74, 6) is 1.81. The third kappa shape index (κ3) is 3.33. The number of nitrogens with two attached hydrogens (primary N) is 1. The summed E-state index contributed by atoms with van der Waals surface area (Å²) < 4.78 is 2.19. The van der Waals surface area contributed by atoms with Crippen LogP contribution in [0.3, 0.4) is 0 Å². The van der Waals surface area contributed by atoms with Crippen molar-refractivity contribution in [3.05, 3.63) is 30.1 Å². The third-order valence-corrected chi connectivity index (χ3v) is 4.55. The molecular weight excluding hydrogens is 302 g/mol. The molecule has 3 N–H and O–H groups in total. The van der Waals surface area contributed by atoms with E-state index in [-0.39, 0.29) is 5.91 Å². The fraction of sp³-hybridized carbons (Fsp3) is 0.500. The van der Waals surface area contributed by atoms with Crippen molar-refractivity contribution in [1.29, 1.82) is 0 Å². The molecule has 1 aliphatic rings. The van der Waals surface area contributed by atoms with Crippen LogP contribution in [0.25, 0.3) is 11.4 Å². The number of carbonyl (C=O) groups is 1. The second kappa shape index (κ2) is 6.73. The van der Waals surface area contributed by atoms with E-state index in [1.54, 1.807) is 6.92 Å². The molecule has 0 bridgehead atoms. The Labute approximate surface area is 142 Å². The van der Waals surface area contributed by atoms with E-state index in [0.29, 0.717) is 6.42 Å². The number of nitrogens with one attached hydrogen (secondary N) is 1. The fourth-order valence-corrected chi connectivity index (χ4v) is 3.13. The lowest BCUT2D eigenvalue weighted by Gasteiger charge is -2.22. The molecule has 0 saturated carbocycles. The average Bonchev–Trinajstić information content (AvgIpc) is 2.99. The van der Waals surface area contributed by atoms with E-state index in [1.807, 2.05) is 31.2 Å². The number of aromatic nitrogens is 3. The number of anilines is 1. The van der Waals surface area contributed by atoms with Gasteiger partial charge < -0.3 is 15.6 Å². The second-order valence-corrected chi connectivity index (χ2v) is 6.75. The fourth-order valence-electron chi connectivity index (χ4n) is 3.13. The molecule has 2 aromatic rings. The van der Waals surface area contributed by atoms with Gasteiger partial charge in [-0.1, -0.05) is 13.3 Å². The molecule has 1 unspecified atom stereocenters. The van der Waals surface area contributed by atoms with Crippen molar-refractivity contribution in [2.24, 2.45) is 5.73 Å². The van der Waals surface area contributed by atoms with Crippen LogP contribution in [0.4, 0.5) is 5.69 Å². The highest BCUT2D eigenvalue weighted by molar-refractivity contribution is 5.97. The van der Waals surface area contributed by atoms with Crippen LogP contribution in [0.15, 0.2) is 24.3 Å². The van der Waals surface area contributed by atoms with Crippen molar-refractivity contribution in [1.82, 2.24) is 14.8 Å². The first kappa shape index (κ1) is 16.6. The summed E-state index contributed by atoms with van der Waals surface area (Å²) in [7, 11) is 0. The van der Waals surface area contributed by atoms with Crippen LogP contribution in [-0.2, 0) is 17.8 Å². The van der Waals surface area contributed by atoms with Gasteiger partial charge in [-0.25, -0.2) is 0 Å². The van der Waals surface area contributed by atoms with Crippen LogP contribution < -0.4 is 11.1 Å². The van der Waals surface area contributed by atoms with E-state index in [4.69, 9.17) is 5.73 Å². The van der Waals surface area contributed by atoms with Gasteiger partial charge in [-0.15, -0.1) is 10.2 Å². The first-order valence-electron chi connectivity index (χ1n) is 8.64. The van der Waals surface area contributed by atoms with Gasteiger partial charge in [0.2, 0.25) is 5.91 Å². The van der Waals surface area contributed by atoms with Crippen molar-refractivity contribution >= 4 is 11.6 Å². The third-order valence-electron chi connectivity index (χ3n) is 4.55. The summed E-state index contributed by atoms with van der Waals surface area (Å²) in [6, 6.07) is 7.71. The number of nitrogens with zero attached hydrogens (tertiary/aromatic N) is 3. The maximum Gasteiger partial charge on any atom is 0.244 e. The Morgan fingerprint density at radius 2 is 2.04 bits per heavy atom. The van der Waals surface area contributed by atoms with Gasteiger partial charge in [0.25, 0.3) is 0 Å². The number of amides is 1. The Morgan fingerprint density at radius 3 is 2.75 bits per heavy atom. The molecule has 6 nitrogen and oxygen atoms in total. The molecule has 3 rings (SSSR count). The minimum atomic E-state index is -0.848. The van der Waals surface area contributed by atoms with E-state index in [2.05, 4.69) is 20.1 Å². The summed E-state index contributed by atoms with van der Waals surface area (Å²) >= 11 is 0. The highest BCUT2D eigenvalue weighted by atomic mass is 16.2. The number of hydrogen-bond donors (Lipinski definition) is 2. The number of hydrogen-bond acceptors (Lipinski definition) is 4. The van der Waals surface area contributed by atoms with Crippen molar-refractivity contribution in [3.8, 4) is 11.4 Å². The molecule has 2 heterocycles. The molecule has 0 aliphatic carbocycles. The topological polar surface area (TPSA) is 85.8 Å². The van der Waals surface area contributed by atoms with Gasteiger partial charge in [-0.2, -0.15) is 0 Å². The van der Waals surface area contributed by atoms with Crippen molar-refractivity contribution in [3.63, 3.8) is 0 Å². The average molecular weight is 327 g/mol. The lowest BCUT2D eigenvalue weighted by atomic mass is 9.96. The van der Waals surface area contributed by atoms with Crippen LogP contribution in [0, 0.1) is 0 Å². The molecule has 0 spiro atoms. The number of rotatable bonds is 5. The van der Waals surface area contributed by atoms with E-state index >= 15 is 0 Å². The van der Waals surface area contributed by atoms with Crippen LogP contribution >= 0.6 is 0 Å². The highest BCUT2D eigenvalue weighted by Gasteiger charge is 2.27. The molecule has 24 heavy (non-hydrogen) atoms. The predicted octanol–water partition coefficient (Wildman–Crippen LogP) is 2.74. The Kier molecular flexibility index (Phi) is 4.66. The quantitative estimate of drug-likeness (QED) is 0.884. The second-order valence-electron chi connectivity index (χ2n) is 6.75. The molecule has 0 saturated heterocycles. The van der Waals surface area contributed by atoms with Crippen molar-refractivity contribution in [2.45, 2.75) is 58.0 Å². The summed E-state index contributed by atoms with van der Waals surface area (Å²) in [6.45, 7) is 4.76. The predicted molar refractivity (Wildman–Crippen MR) is 94.5 cm³/mol. The zero-order chi connectivity index (χ0) is 17.2. The molecule has 1 aromatic heterocycles. The van der Waals surface area contributed by atoms with Gasteiger partial charge in [0.1, 0.15) is 5.82 Å². The number of benzene rings is 1. The number of carbonyl (C=O) groups excluding carboxylic acids is 1. The summed E-state index contributed by atoms with van der Waals surface area (Å²) in [5, 5.41) is 11.5. The SMILES string of the molecule is CCCC(C)(N)C(=O)Nc1ccc(-c2nnc3n2CCCC3)cc1. The Hall–Kier alpha value is -2.21. The van der Waals surface area contributed by atoms with Crippen LogP contribution in [0.5, 0.6) is 0 Å². The molecule has 1 aromatic carbocycles. The molecule has 1 aliphatic heterocycles. The lowest BCUT2D eigenvalue weighted by molar-refractivity contribution is -0.120. The minimum Gasteiger partial charge on any atom is -0.325 e. The van der Waals surface area contributed by atoms with E-state index < -0.39 is 5.54 Å². The molecule has 128 valence electrons. The molecule has 1 atom stereocenters. The van der Waals surface area contributed by atoms with E-state index in [9.17, 15) is 4.79 Å². The van der Waals surface area contributed by atoms with Gasteiger partial charge in [-0.3, -0.25) is 4.79 Å². The Morgan fingerprint density at radius 1 is 1.29 bits per heavy atom. The first-order chi connectivity index (χ1) is 11.5. The Bertz CT molecular complexity index is 718. The van der Waals surface area contributed by atoms with Crippen molar-refractivity contribution in [2.75, 3.05) is 5.32 Å². The molecule has 0 fully saturated rings. The molecule has 0 radical (unpaired) electrons. The molecule has 1 amide bonds. The number of fused-ring (bicyclic) bond motifs is 1. The van der Waals surface area contributed by atoms with Crippen LogP contribution in [-0.4, -0.2) is 26.2 Å². The van der Waals surface area contributed by atoms with Crippen LogP contribution in [0.1, 0.15) is 45.4 Å². The monoisotopic (exact) mass is 327 g/mol. The van der Waals surface area contributed by atoms with E-state index in [1.165, 1.54) is 12.8 Å². The van der Waals surface area contributed by atoms with Gasteiger partial charge >= 0.3 is 0 Å². The van der Waals surface area contributed by atoms with Gasteiger partial charge in [0, 0.05) is 24.2 Å². The minimum absolute atomic E-state index is 0.156. The maximum atomic E-state index is 12.3. The van der Waals surface area contributed by atoms with Gasteiger partial charge in [-0.05, 0) is 50.5 Å². The normalized spacial score (nSPS) is 16.3. The lowest BCUT2D eigenvalue weighted by Crippen LogP contribution is -2.48. The summed E-state index contributed by atoms with van der Waals surface area (Å²) in [4.78, 5) is 12.3. The first-order valence-corrected chi connectivity index (χ1v) is 8.64. The van der Waals surface area contributed by atoms with E-state index in [0.717, 1.165) is 42.3 Å². The van der Waals surface area contributed by atoms with Gasteiger partial charge in [0.05, 0.1) is 5.54 Å². The zero-order valence-electron chi connectivity index (χ0n) is 14.4. The standard InChI is InChI=1S/C18H25N5O/c1-3-11-18(2,19)17(24)20-14-9-7-13(8-10-14)16-22-21-15-6-4-5-12-23(15)16/h7-10H,3-6,11-12,19H2,1-2H3,(H,20,24). The number of aryl methyl sites for hydroxylation is 1.